The molecule has 4 rings (SSSR count). The average molecular weight is 471 g/mol. The highest BCUT2D eigenvalue weighted by molar-refractivity contribution is 9.10. The molecule has 1 aliphatic heterocycles. The van der Waals surface area contributed by atoms with E-state index in [9.17, 15) is 4.79 Å². The van der Waals surface area contributed by atoms with E-state index in [1.807, 2.05) is 12.1 Å². The van der Waals surface area contributed by atoms with Gasteiger partial charge in [0.25, 0.3) is 0 Å². The lowest BCUT2D eigenvalue weighted by atomic mass is 9.77. The number of likely N-dealkylation sites (tertiary alicyclic amines) is 1. The van der Waals surface area contributed by atoms with Gasteiger partial charge in [-0.1, -0.05) is 59.1 Å². The van der Waals surface area contributed by atoms with Crippen molar-refractivity contribution in [2.75, 3.05) is 20.2 Å². The monoisotopic (exact) mass is 470 g/mol. The quantitative estimate of drug-likeness (QED) is 0.641. The van der Waals surface area contributed by atoms with Crippen molar-refractivity contribution in [1.82, 2.24) is 10.2 Å². The Balaban J connectivity index is 1.36. The fourth-order valence-corrected chi connectivity index (χ4v) is 5.29. The first-order valence-electron chi connectivity index (χ1n) is 11.0. The first-order chi connectivity index (χ1) is 14.6. The van der Waals surface area contributed by atoms with Crippen molar-refractivity contribution < 1.29 is 9.53 Å². The number of nitrogens with one attached hydrogen (secondary N) is 1. The predicted molar refractivity (Wildman–Crippen MR) is 124 cm³/mol. The topological polar surface area (TPSA) is 41.6 Å². The number of carbonyl (C=O) groups excluding carboxylic acids is 1. The van der Waals surface area contributed by atoms with Crippen LogP contribution in [0.15, 0.2) is 53.0 Å². The number of ether oxygens (including phenoxy) is 1. The van der Waals surface area contributed by atoms with E-state index in [0.29, 0.717) is 0 Å². The van der Waals surface area contributed by atoms with Gasteiger partial charge in [-0.3, -0.25) is 9.69 Å². The standard InChI is InChI=1S/C25H31BrN2O2/c1-30-23-7-3-2-6-19(23)18-28-16-12-22(13-17-28)27-24(29)25(14-4-5-15-25)20-8-10-21(26)11-9-20/h2-3,6-11,22H,4-5,12-18H2,1H3,(H,27,29). The van der Waals surface area contributed by atoms with Gasteiger partial charge in [-0.05, 0) is 49.4 Å². The molecule has 160 valence electrons. The molecule has 1 amide bonds. The molecule has 30 heavy (non-hydrogen) atoms. The minimum absolute atomic E-state index is 0.227. The van der Waals surface area contributed by atoms with Gasteiger partial charge in [-0.2, -0.15) is 0 Å². The number of nitrogens with zero attached hydrogens (tertiary/aromatic N) is 1. The van der Waals surface area contributed by atoms with Crippen molar-refractivity contribution in [3.63, 3.8) is 0 Å². The van der Waals surface area contributed by atoms with Crippen LogP contribution < -0.4 is 10.1 Å². The summed E-state index contributed by atoms with van der Waals surface area (Å²) in [7, 11) is 1.73. The van der Waals surface area contributed by atoms with Crippen LogP contribution in [-0.2, 0) is 16.8 Å². The number of carbonyl (C=O) groups is 1. The first kappa shape index (κ1) is 21.4. The summed E-state index contributed by atoms with van der Waals surface area (Å²) in [5.41, 5.74) is 2.03. The Morgan fingerprint density at radius 3 is 2.43 bits per heavy atom. The molecule has 0 radical (unpaired) electrons. The number of methoxy groups -OCH3 is 1. The fourth-order valence-electron chi connectivity index (χ4n) is 5.03. The van der Waals surface area contributed by atoms with Crippen LogP contribution >= 0.6 is 15.9 Å². The van der Waals surface area contributed by atoms with E-state index in [1.165, 1.54) is 5.56 Å². The van der Waals surface area contributed by atoms with Crippen molar-refractivity contribution in [3.05, 3.63) is 64.1 Å². The van der Waals surface area contributed by atoms with Gasteiger partial charge in [0, 0.05) is 35.7 Å². The van der Waals surface area contributed by atoms with Crippen LogP contribution in [0.2, 0.25) is 0 Å². The van der Waals surface area contributed by atoms with Crippen LogP contribution in [0.3, 0.4) is 0 Å². The Bertz CT molecular complexity index is 854. The third-order valence-electron chi connectivity index (χ3n) is 6.80. The molecule has 1 heterocycles. The molecule has 0 bridgehead atoms. The molecule has 5 heteroatoms. The lowest BCUT2D eigenvalue weighted by Crippen LogP contribution is -2.50. The molecule has 0 spiro atoms. The smallest absolute Gasteiger partial charge is 0.230 e. The highest BCUT2D eigenvalue weighted by Gasteiger charge is 2.43. The van der Waals surface area contributed by atoms with Crippen LogP contribution in [0.25, 0.3) is 0 Å². The summed E-state index contributed by atoms with van der Waals surface area (Å²) in [5, 5.41) is 3.42. The number of halogens is 1. The summed E-state index contributed by atoms with van der Waals surface area (Å²) < 4.78 is 6.55. The van der Waals surface area contributed by atoms with Gasteiger partial charge in [0.2, 0.25) is 5.91 Å². The van der Waals surface area contributed by atoms with Crippen LogP contribution in [0.4, 0.5) is 0 Å². The van der Waals surface area contributed by atoms with Crippen molar-refractivity contribution in [2.24, 2.45) is 0 Å². The number of hydrogen-bond acceptors (Lipinski definition) is 3. The number of para-hydroxylation sites is 1. The SMILES string of the molecule is COc1ccccc1CN1CCC(NC(=O)C2(c3ccc(Br)cc3)CCCC2)CC1. The highest BCUT2D eigenvalue weighted by atomic mass is 79.9. The second-order valence-electron chi connectivity index (χ2n) is 8.63. The fraction of sp³-hybridized carbons (Fsp3) is 0.480. The summed E-state index contributed by atoms with van der Waals surface area (Å²) in [6.45, 7) is 2.88. The molecule has 1 saturated carbocycles. The molecular formula is C25H31BrN2O2. The Hall–Kier alpha value is -1.85. The third kappa shape index (κ3) is 4.57. The molecular weight excluding hydrogens is 440 g/mol. The molecule has 2 aromatic rings. The number of amides is 1. The lowest BCUT2D eigenvalue weighted by molar-refractivity contribution is -0.127. The number of hydrogen-bond donors (Lipinski definition) is 1. The zero-order valence-electron chi connectivity index (χ0n) is 17.7. The third-order valence-corrected chi connectivity index (χ3v) is 7.33. The van der Waals surface area contributed by atoms with Gasteiger partial charge >= 0.3 is 0 Å². The number of rotatable bonds is 6. The second kappa shape index (κ2) is 9.52. The average Bonchev–Trinajstić information content (AvgIpc) is 3.27. The Labute approximate surface area is 188 Å². The molecule has 4 nitrogen and oxygen atoms in total. The van der Waals surface area contributed by atoms with E-state index in [4.69, 9.17) is 4.74 Å². The van der Waals surface area contributed by atoms with E-state index < -0.39 is 0 Å². The summed E-state index contributed by atoms with van der Waals surface area (Å²) in [6.07, 6.45) is 6.15. The van der Waals surface area contributed by atoms with Crippen molar-refractivity contribution in [3.8, 4) is 5.75 Å². The predicted octanol–water partition coefficient (Wildman–Crippen LogP) is 5.05. The minimum Gasteiger partial charge on any atom is -0.496 e. The van der Waals surface area contributed by atoms with E-state index in [0.717, 1.165) is 73.9 Å². The zero-order chi connectivity index (χ0) is 21.0. The van der Waals surface area contributed by atoms with Gasteiger partial charge in [0.05, 0.1) is 12.5 Å². The van der Waals surface area contributed by atoms with Crippen LogP contribution in [0.1, 0.15) is 49.7 Å². The molecule has 0 aromatic heterocycles. The molecule has 2 fully saturated rings. The maximum Gasteiger partial charge on any atom is 0.230 e. The van der Waals surface area contributed by atoms with Crippen LogP contribution in [0, 0.1) is 0 Å². The van der Waals surface area contributed by atoms with E-state index in [-0.39, 0.29) is 17.4 Å². The Morgan fingerprint density at radius 2 is 1.77 bits per heavy atom. The van der Waals surface area contributed by atoms with E-state index >= 15 is 0 Å². The summed E-state index contributed by atoms with van der Waals surface area (Å²) in [4.78, 5) is 15.9. The molecule has 2 aliphatic rings. The van der Waals surface area contributed by atoms with E-state index in [2.05, 4.69) is 62.5 Å². The summed E-state index contributed by atoms with van der Waals surface area (Å²) in [5.74, 6) is 1.18. The molecule has 2 aromatic carbocycles. The largest absolute Gasteiger partial charge is 0.496 e. The normalized spacial score (nSPS) is 19.5. The van der Waals surface area contributed by atoms with Crippen molar-refractivity contribution in [2.45, 2.75) is 56.5 Å². The summed E-state index contributed by atoms with van der Waals surface area (Å²) >= 11 is 3.51. The number of benzene rings is 2. The van der Waals surface area contributed by atoms with E-state index in [1.54, 1.807) is 7.11 Å². The minimum atomic E-state index is -0.352. The molecule has 1 N–H and O–H groups in total. The lowest BCUT2D eigenvalue weighted by Gasteiger charge is -2.35. The highest BCUT2D eigenvalue weighted by Crippen LogP contribution is 2.42. The van der Waals surface area contributed by atoms with Crippen molar-refractivity contribution >= 4 is 21.8 Å². The van der Waals surface area contributed by atoms with Gasteiger partial charge in [-0.25, -0.2) is 0 Å². The maximum absolute atomic E-state index is 13.4. The second-order valence-corrected chi connectivity index (χ2v) is 9.55. The molecule has 1 aliphatic carbocycles. The number of piperidine rings is 1. The summed E-state index contributed by atoms with van der Waals surface area (Å²) in [6, 6.07) is 16.8. The van der Waals surface area contributed by atoms with Crippen LogP contribution in [-0.4, -0.2) is 37.0 Å². The van der Waals surface area contributed by atoms with Gasteiger partial charge in [0.1, 0.15) is 5.75 Å². The Kier molecular flexibility index (Phi) is 6.79. The molecule has 1 saturated heterocycles. The zero-order valence-corrected chi connectivity index (χ0v) is 19.3. The maximum atomic E-state index is 13.4. The first-order valence-corrected chi connectivity index (χ1v) is 11.8. The van der Waals surface area contributed by atoms with Gasteiger partial charge in [0.15, 0.2) is 0 Å². The van der Waals surface area contributed by atoms with Gasteiger partial charge < -0.3 is 10.1 Å². The molecule has 0 atom stereocenters. The Morgan fingerprint density at radius 1 is 1.10 bits per heavy atom. The van der Waals surface area contributed by atoms with Gasteiger partial charge in [-0.15, -0.1) is 0 Å². The molecule has 0 unspecified atom stereocenters. The van der Waals surface area contributed by atoms with Crippen molar-refractivity contribution in [1.29, 1.82) is 0 Å². The van der Waals surface area contributed by atoms with Crippen LogP contribution in [0.5, 0.6) is 5.75 Å².